The monoisotopic (exact) mass is 404 g/mol. The number of benzene rings is 2. The second-order valence-electron chi connectivity index (χ2n) is 7.14. The van der Waals surface area contributed by atoms with Crippen LogP contribution in [0, 0.1) is 12.7 Å². The van der Waals surface area contributed by atoms with Crippen molar-refractivity contribution in [2.45, 2.75) is 19.9 Å². The Kier molecular flexibility index (Phi) is 5.43. The van der Waals surface area contributed by atoms with Crippen molar-refractivity contribution in [2.24, 2.45) is 0 Å². The van der Waals surface area contributed by atoms with Crippen LogP contribution in [0.25, 0.3) is 16.6 Å². The van der Waals surface area contributed by atoms with Crippen molar-refractivity contribution in [3.8, 4) is 5.69 Å². The summed E-state index contributed by atoms with van der Waals surface area (Å²) >= 11 is 0. The molecule has 0 spiro atoms. The quantitative estimate of drug-likeness (QED) is 0.501. The molecule has 0 unspecified atom stereocenters. The molecule has 0 saturated heterocycles. The van der Waals surface area contributed by atoms with Gasteiger partial charge in [0.2, 0.25) is 0 Å². The molecule has 0 saturated carbocycles. The van der Waals surface area contributed by atoms with Gasteiger partial charge in [-0.05, 0) is 55.3 Å². The van der Waals surface area contributed by atoms with Gasteiger partial charge < -0.3 is 5.32 Å². The van der Waals surface area contributed by atoms with Gasteiger partial charge in [0.25, 0.3) is 11.5 Å². The van der Waals surface area contributed by atoms with Crippen molar-refractivity contribution in [1.82, 2.24) is 19.7 Å². The highest BCUT2D eigenvalue weighted by atomic mass is 19.1. The van der Waals surface area contributed by atoms with Crippen LogP contribution in [-0.2, 0) is 6.54 Å². The molecule has 0 radical (unpaired) electrons. The van der Waals surface area contributed by atoms with E-state index >= 15 is 0 Å². The molecule has 2 aromatic carbocycles. The van der Waals surface area contributed by atoms with E-state index in [0.717, 1.165) is 10.9 Å². The van der Waals surface area contributed by atoms with E-state index in [0.29, 0.717) is 30.8 Å². The summed E-state index contributed by atoms with van der Waals surface area (Å²) in [6, 6.07) is 14.6. The van der Waals surface area contributed by atoms with E-state index in [-0.39, 0.29) is 17.3 Å². The third kappa shape index (κ3) is 4.15. The van der Waals surface area contributed by atoms with E-state index in [1.54, 1.807) is 0 Å². The first kappa shape index (κ1) is 19.6. The van der Waals surface area contributed by atoms with Crippen LogP contribution in [0.5, 0.6) is 0 Å². The zero-order chi connectivity index (χ0) is 21.1. The predicted octanol–water partition coefficient (Wildman–Crippen LogP) is 3.45. The van der Waals surface area contributed by atoms with Crippen molar-refractivity contribution in [2.75, 3.05) is 6.54 Å². The summed E-state index contributed by atoms with van der Waals surface area (Å²) in [6.45, 7) is 3.20. The number of carbonyl (C=O) groups excluding carboxylic acids is 1. The molecule has 0 aliphatic carbocycles. The summed E-state index contributed by atoms with van der Waals surface area (Å²) in [5.74, 6) is -0.659. The number of nitrogens with zero attached hydrogens (tertiary/aromatic N) is 3. The number of nitrogens with one attached hydrogen (secondary N) is 1. The summed E-state index contributed by atoms with van der Waals surface area (Å²) < 4.78 is 16.4. The topological polar surface area (TPSA) is 68.9 Å². The van der Waals surface area contributed by atoms with Crippen molar-refractivity contribution < 1.29 is 9.18 Å². The molecule has 0 bridgehead atoms. The lowest BCUT2D eigenvalue weighted by Gasteiger charge is -2.09. The average molecular weight is 404 g/mol. The van der Waals surface area contributed by atoms with Crippen molar-refractivity contribution in [3.63, 3.8) is 0 Å². The molecule has 2 aromatic heterocycles. The Morgan fingerprint density at radius 3 is 2.70 bits per heavy atom. The summed E-state index contributed by atoms with van der Waals surface area (Å²) in [6.07, 6.45) is 4.02. The minimum atomic E-state index is -0.388. The lowest BCUT2D eigenvalue weighted by atomic mass is 10.2. The number of halogens is 1. The second kappa shape index (κ2) is 8.32. The maximum Gasteiger partial charge on any atom is 0.255 e. The van der Waals surface area contributed by atoms with E-state index in [2.05, 4.69) is 22.5 Å². The second-order valence-corrected chi connectivity index (χ2v) is 7.14. The van der Waals surface area contributed by atoms with Gasteiger partial charge in [-0.25, -0.2) is 4.39 Å². The molecule has 4 aromatic rings. The van der Waals surface area contributed by atoms with E-state index in [1.165, 1.54) is 52.7 Å². The van der Waals surface area contributed by atoms with Crippen molar-refractivity contribution in [1.29, 1.82) is 0 Å². The third-order valence-corrected chi connectivity index (χ3v) is 4.91. The number of aryl methyl sites for hydroxylation is 2. The third-order valence-electron chi connectivity index (χ3n) is 4.91. The Labute approximate surface area is 172 Å². The predicted molar refractivity (Wildman–Crippen MR) is 113 cm³/mol. The summed E-state index contributed by atoms with van der Waals surface area (Å²) in [7, 11) is 0. The Balaban J connectivity index is 1.39. The van der Waals surface area contributed by atoms with Gasteiger partial charge in [-0.3, -0.25) is 18.8 Å². The van der Waals surface area contributed by atoms with Gasteiger partial charge in [0.1, 0.15) is 5.82 Å². The highest BCUT2D eigenvalue weighted by Crippen LogP contribution is 2.15. The molecule has 4 rings (SSSR count). The van der Waals surface area contributed by atoms with Gasteiger partial charge in [0, 0.05) is 36.4 Å². The normalized spacial score (nSPS) is 11.0. The fraction of sp³-hybridized carbons (Fsp3) is 0.174. The highest BCUT2D eigenvalue weighted by Gasteiger charge is 2.09. The van der Waals surface area contributed by atoms with Crippen molar-refractivity contribution >= 4 is 16.8 Å². The molecule has 0 atom stereocenters. The zero-order valence-electron chi connectivity index (χ0n) is 16.5. The Morgan fingerprint density at radius 1 is 1.10 bits per heavy atom. The fourth-order valence-electron chi connectivity index (χ4n) is 3.32. The first-order valence-electron chi connectivity index (χ1n) is 9.70. The molecule has 30 heavy (non-hydrogen) atoms. The molecule has 6 nitrogen and oxygen atoms in total. The van der Waals surface area contributed by atoms with Gasteiger partial charge >= 0.3 is 0 Å². The smallest absolute Gasteiger partial charge is 0.255 e. The first-order chi connectivity index (χ1) is 14.5. The number of hydrogen-bond donors (Lipinski definition) is 1. The molecule has 2 heterocycles. The van der Waals surface area contributed by atoms with Crippen LogP contribution in [0.3, 0.4) is 0 Å². The minimum Gasteiger partial charge on any atom is -0.352 e. The average Bonchev–Trinajstić information content (AvgIpc) is 3.14. The molecule has 0 aliphatic heterocycles. The first-order valence-corrected chi connectivity index (χ1v) is 9.70. The van der Waals surface area contributed by atoms with E-state index in [1.807, 2.05) is 23.9 Å². The number of carbonyl (C=O) groups is 1. The molecule has 0 aliphatic rings. The van der Waals surface area contributed by atoms with Crippen LogP contribution < -0.4 is 10.9 Å². The van der Waals surface area contributed by atoms with Crippen LogP contribution in [0.1, 0.15) is 22.3 Å². The zero-order valence-corrected chi connectivity index (χ0v) is 16.5. The summed E-state index contributed by atoms with van der Waals surface area (Å²) in [5.41, 5.74) is 2.82. The number of fused-ring (bicyclic) bond motifs is 1. The molecule has 1 N–H and O–H groups in total. The van der Waals surface area contributed by atoms with Crippen LogP contribution >= 0.6 is 0 Å². The molecule has 0 fully saturated rings. The highest BCUT2D eigenvalue weighted by molar-refractivity contribution is 5.93. The number of hydrogen-bond acceptors (Lipinski definition) is 3. The van der Waals surface area contributed by atoms with Crippen LogP contribution in [0.2, 0.25) is 0 Å². The van der Waals surface area contributed by atoms with Crippen molar-refractivity contribution in [3.05, 3.63) is 94.3 Å². The molecule has 1 amide bonds. The molecular weight excluding hydrogens is 383 g/mol. The Bertz CT molecular complexity index is 1260. The van der Waals surface area contributed by atoms with Gasteiger partial charge in [-0.2, -0.15) is 5.10 Å². The van der Waals surface area contributed by atoms with E-state index < -0.39 is 0 Å². The summed E-state index contributed by atoms with van der Waals surface area (Å²) in [5, 5.41) is 8.37. The van der Waals surface area contributed by atoms with Gasteiger partial charge in [-0.15, -0.1) is 0 Å². The Hall–Kier alpha value is -3.74. The number of rotatable bonds is 6. The largest absolute Gasteiger partial charge is 0.352 e. The Morgan fingerprint density at radius 2 is 1.90 bits per heavy atom. The number of pyridine rings is 1. The summed E-state index contributed by atoms with van der Waals surface area (Å²) in [4.78, 5) is 24.6. The lowest BCUT2D eigenvalue weighted by molar-refractivity contribution is 0.0952. The number of aromatic nitrogens is 3. The molecule has 152 valence electrons. The number of amides is 1. The maximum atomic E-state index is 13.1. The minimum absolute atomic E-state index is 0.271. The molecular formula is C23H21FN4O2. The van der Waals surface area contributed by atoms with Crippen LogP contribution in [-0.4, -0.2) is 26.8 Å². The van der Waals surface area contributed by atoms with Gasteiger partial charge in [0.05, 0.1) is 17.3 Å². The van der Waals surface area contributed by atoms with E-state index in [9.17, 15) is 14.0 Å². The maximum absolute atomic E-state index is 13.1. The lowest BCUT2D eigenvalue weighted by Crippen LogP contribution is -2.27. The van der Waals surface area contributed by atoms with Crippen LogP contribution in [0.4, 0.5) is 4.39 Å². The van der Waals surface area contributed by atoms with Gasteiger partial charge in [0.15, 0.2) is 0 Å². The SMILES string of the molecule is Cc1ccc2cnn(CCCNC(=O)c3ccc(=O)n(-c4ccc(F)cc4)c3)c2c1. The van der Waals surface area contributed by atoms with E-state index in [4.69, 9.17) is 0 Å². The fourth-order valence-corrected chi connectivity index (χ4v) is 3.32. The van der Waals surface area contributed by atoms with Crippen LogP contribution in [0.15, 0.2) is 71.8 Å². The standard InChI is InChI=1S/C23H21FN4O2/c1-16-3-4-17-14-26-28(21(17)13-16)12-2-11-25-23(30)18-5-10-22(29)27(15-18)20-8-6-19(24)7-9-20/h3-10,13-15H,2,11-12H2,1H3,(H,25,30). The van der Waals surface area contributed by atoms with Gasteiger partial charge in [-0.1, -0.05) is 12.1 Å². The molecule has 7 heteroatoms.